The van der Waals surface area contributed by atoms with E-state index in [1.807, 2.05) is 25.1 Å². The molecule has 6 heteroatoms. The molecule has 0 aliphatic heterocycles. The number of benzene rings is 2. The van der Waals surface area contributed by atoms with Crippen molar-refractivity contribution in [3.63, 3.8) is 0 Å². The van der Waals surface area contributed by atoms with E-state index in [-0.39, 0.29) is 22.0 Å². The van der Waals surface area contributed by atoms with Crippen LogP contribution in [0.15, 0.2) is 47.4 Å². The monoisotopic (exact) mass is 373 g/mol. The third-order valence-corrected chi connectivity index (χ3v) is 7.67. The maximum absolute atomic E-state index is 12.7. The van der Waals surface area contributed by atoms with E-state index < -0.39 is 17.9 Å². The summed E-state index contributed by atoms with van der Waals surface area (Å²) >= 11 is 0. The van der Waals surface area contributed by atoms with Gasteiger partial charge in [0.15, 0.2) is 9.84 Å². The number of aryl methyl sites for hydroxylation is 1. The molecule has 0 atom stereocenters. The van der Waals surface area contributed by atoms with Crippen molar-refractivity contribution in [2.24, 2.45) is 0 Å². The molecule has 2 aromatic carbocycles. The van der Waals surface area contributed by atoms with Crippen molar-refractivity contribution in [3.8, 4) is 17.6 Å². The second-order valence-corrected chi connectivity index (χ2v) is 15.0. The van der Waals surface area contributed by atoms with E-state index in [1.54, 1.807) is 24.3 Å². The molecular formula is C19H23NO3SSi. The summed E-state index contributed by atoms with van der Waals surface area (Å²) in [6.07, 6.45) is 0. The van der Waals surface area contributed by atoms with Crippen molar-refractivity contribution in [3.05, 3.63) is 53.6 Å². The number of sulfone groups is 1. The van der Waals surface area contributed by atoms with Crippen LogP contribution in [0.25, 0.3) is 0 Å². The summed E-state index contributed by atoms with van der Waals surface area (Å²) in [4.78, 5) is 0.0536. The van der Waals surface area contributed by atoms with Gasteiger partial charge in [-0.3, -0.25) is 0 Å². The van der Waals surface area contributed by atoms with Gasteiger partial charge in [-0.1, -0.05) is 43.4 Å². The SMILES string of the molecule is Cc1ccc(Oc2cccc(S(=O)(=O)CC[Si](C)(C)C)c2C#N)cc1. The zero-order valence-electron chi connectivity index (χ0n) is 15.0. The molecule has 0 amide bonds. The molecule has 0 saturated heterocycles. The number of nitriles is 1. The maximum Gasteiger partial charge on any atom is 0.179 e. The smallest absolute Gasteiger partial charge is 0.179 e. The normalized spacial score (nSPS) is 11.8. The van der Waals surface area contributed by atoms with Crippen molar-refractivity contribution < 1.29 is 13.2 Å². The fourth-order valence-electron chi connectivity index (χ4n) is 2.25. The summed E-state index contributed by atoms with van der Waals surface area (Å²) in [6, 6.07) is 14.8. The molecule has 2 rings (SSSR count). The Morgan fingerprint density at radius 3 is 2.28 bits per heavy atom. The molecule has 25 heavy (non-hydrogen) atoms. The van der Waals surface area contributed by atoms with E-state index in [4.69, 9.17) is 4.74 Å². The fraction of sp³-hybridized carbons (Fsp3) is 0.316. The van der Waals surface area contributed by atoms with Gasteiger partial charge in [-0.2, -0.15) is 5.26 Å². The van der Waals surface area contributed by atoms with E-state index in [0.29, 0.717) is 11.8 Å². The zero-order valence-corrected chi connectivity index (χ0v) is 16.9. The van der Waals surface area contributed by atoms with Crippen LogP contribution < -0.4 is 4.74 Å². The van der Waals surface area contributed by atoms with Gasteiger partial charge in [0.2, 0.25) is 0 Å². The van der Waals surface area contributed by atoms with E-state index in [2.05, 4.69) is 19.6 Å². The van der Waals surface area contributed by atoms with Crippen LogP contribution in [0.5, 0.6) is 11.5 Å². The van der Waals surface area contributed by atoms with Crippen LogP contribution in [0, 0.1) is 18.3 Å². The van der Waals surface area contributed by atoms with Crippen LogP contribution in [0.2, 0.25) is 25.7 Å². The molecule has 0 aliphatic carbocycles. The lowest BCUT2D eigenvalue weighted by molar-refractivity contribution is 0.479. The minimum atomic E-state index is -3.53. The van der Waals surface area contributed by atoms with Gasteiger partial charge in [0.05, 0.1) is 10.6 Å². The van der Waals surface area contributed by atoms with E-state index in [9.17, 15) is 13.7 Å². The second kappa shape index (κ2) is 7.42. The average Bonchev–Trinajstić information content (AvgIpc) is 2.54. The number of ether oxygens (including phenoxy) is 1. The summed E-state index contributed by atoms with van der Waals surface area (Å²) in [7, 11) is -5.03. The lowest BCUT2D eigenvalue weighted by atomic mass is 10.2. The van der Waals surface area contributed by atoms with Crippen LogP contribution in [-0.4, -0.2) is 22.2 Å². The number of rotatable bonds is 6. The standard InChI is InChI=1S/C19H23NO3SSi/c1-15-8-10-16(11-9-15)23-18-6-5-7-19(17(18)14-20)24(21,22)12-13-25(2,3)4/h5-11H,12-13H2,1-4H3. The van der Waals surface area contributed by atoms with Crippen LogP contribution in [0.4, 0.5) is 0 Å². The van der Waals surface area contributed by atoms with Crippen LogP contribution in [0.3, 0.4) is 0 Å². The third kappa shape index (κ3) is 5.18. The Balaban J connectivity index is 2.38. The predicted molar refractivity (Wildman–Crippen MR) is 103 cm³/mol. The predicted octanol–water partition coefficient (Wildman–Crippen LogP) is 4.77. The van der Waals surface area contributed by atoms with Crippen LogP contribution in [0.1, 0.15) is 11.1 Å². The first-order chi connectivity index (χ1) is 11.6. The Morgan fingerprint density at radius 1 is 1.08 bits per heavy atom. The van der Waals surface area contributed by atoms with E-state index >= 15 is 0 Å². The number of nitrogens with zero attached hydrogens (tertiary/aromatic N) is 1. The molecule has 132 valence electrons. The third-order valence-electron chi connectivity index (χ3n) is 3.80. The molecule has 0 aromatic heterocycles. The van der Waals surface area contributed by atoms with Gasteiger partial charge in [0.1, 0.15) is 23.1 Å². The topological polar surface area (TPSA) is 67.2 Å². The van der Waals surface area contributed by atoms with Gasteiger partial charge in [-0.15, -0.1) is 0 Å². The van der Waals surface area contributed by atoms with E-state index in [1.165, 1.54) is 6.07 Å². The van der Waals surface area contributed by atoms with Crippen molar-refractivity contribution in [2.45, 2.75) is 37.5 Å². The summed E-state index contributed by atoms with van der Waals surface area (Å²) < 4.78 is 31.2. The largest absolute Gasteiger partial charge is 0.456 e. The van der Waals surface area contributed by atoms with Crippen molar-refractivity contribution in [2.75, 3.05) is 5.75 Å². The minimum Gasteiger partial charge on any atom is -0.456 e. The van der Waals surface area contributed by atoms with Gasteiger partial charge in [-0.25, -0.2) is 8.42 Å². The molecule has 0 radical (unpaired) electrons. The zero-order chi connectivity index (χ0) is 18.7. The molecule has 4 nitrogen and oxygen atoms in total. The Kier molecular flexibility index (Phi) is 5.71. The first kappa shape index (κ1) is 19.2. The molecule has 0 spiro atoms. The molecule has 0 unspecified atom stereocenters. The highest BCUT2D eigenvalue weighted by Gasteiger charge is 2.25. The molecule has 0 heterocycles. The second-order valence-electron chi connectivity index (χ2n) is 7.29. The van der Waals surface area contributed by atoms with Gasteiger partial charge >= 0.3 is 0 Å². The number of hydrogen-bond acceptors (Lipinski definition) is 4. The molecule has 2 aromatic rings. The lowest BCUT2D eigenvalue weighted by Gasteiger charge is -2.16. The molecule has 0 aliphatic rings. The first-order valence-corrected chi connectivity index (χ1v) is 13.5. The Bertz CT molecular complexity index is 892. The highest BCUT2D eigenvalue weighted by Crippen LogP contribution is 2.31. The van der Waals surface area contributed by atoms with Crippen molar-refractivity contribution >= 4 is 17.9 Å². The van der Waals surface area contributed by atoms with E-state index in [0.717, 1.165) is 5.56 Å². The Hall–Kier alpha value is -2.10. The maximum atomic E-state index is 12.7. The summed E-state index contributed by atoms with van der Waals surface area (Å²) in [6.45, 7) is 8.36. The summed E-state index contributed by atoms with van der Waals surface area (Å²) in [5.74, 6) is 0.893. The Labute approximate surface area is 151 Å². The molecular weight excluding hydrogens is 350 g/mol. The molecule has 0 saturated carbocycles. The summed E-state index contributed by atoms with van der Waals surface area (Å²) in [5, 5.41) is 9.53. The van der Waals surface area contributed by atoms with Crippen molar-refractivity contribution in [1.82, 2.24) is 0 Å². The highest BCUT2D eigenvalue weighted by atomic mass is 32.2. The van der Waals surface area contributed by atoms with Gasteiger partial charge in [0, 0.05) is 8.07 Å². The quantitative estimate of drug-likeness (QED) is 0.684. The van der Waals surface area contributed by atoms with Gasteiger partial charge in [-0.05, 0) is 37.2 Å². The van der Waals surface area contributed by atoms with Crippen LogP contribution >= 0.6 is 0 Å². The van der Waals surface area contributed by atoms with Gasteiger partial charge in [0.25, 0.3) is 0 Å². The number of hydrogen-bond donors (Lipinski definition) is 0. The average molecular weight is 374 g/mol. The van der Waals surface area contributed by atoms with Crippen molar-refractivity contribution in [1.29, 1.82) is 5.26 Å². The highest BCUT2D eigenvalue weighted by molar-refractivity contribution is 7.91. The fourth-order valence-corrected chi connectivity index (χ4v) is 6.74. The lowest BCUT2D eigenvalue weighted by Crippen LogP contribution is -2.24. The Morgan fingerprint density at radius 2 is 1.72 bits per heavy atom. The first-order valence-electron chi connectivity index (χ1n) is 8.13. The summed E-state index contributed by atoms with van der Waals surface area (Å²) in [5.41, 5.74) is 1.16. The molecule has 0 N–H and O–H groups in total. The van der Waals surface area contributed by atoms with Crippen LogP contribution in [-0.2, 0) is 9.84 Å². The minimum absolute atomic E-state index is 0.0536. The molecule has 0 bridgehead atoms. The molecule has 0 fully saturated rings. The van der Waals surface area contributed by atoms with Gasteiger partial charge < -0.3 is 4.74 Å².